The molecule has 6 heterocycles. The number of pyridine rings is 5. The second-order valence-corrected chi connectivity index (χ2v) is 33.8. The number of benzene rings is 4. The highest BCUT2D eigenvalue weighted by Gasteiger charge is 2.32. The summed E-state index contributed by atoms with van der Waals surface area (Å²) in [6, 6.07) is 45.3. The molecule has 622 valence electrons. The summed E-state index contributed by atoms with van der Waals surface area (Å²) >= 11 is 0. The van der Waals surface area contributed by atoms with Crippen LogP contribution in [-0.4, -0.2) is 182 Å². The number of rotatable bonds is 21. The summed E-state index contributed by atoms with van der Waals surface area (Å²) < 4.78 is 137. The van der Waals surface area contributed by atoms with Crippen molar-refractivity contribution in [2.45, 2.75) is 119 Å². The van der Waals surface area contributed by atoms with Crippen LogP contribution < -0.4 is 52.6 Å². The van der Waals surface area contributed by atoms with E-state index < -0.39 is 52.0 Å². The molecule has 0 aliphatic carbocycles. The van der Waals surface area contributed by atoms with Gasteiger partial charge in [0.1, 0.15) is 5.69 Å². The second kappa shape index (κ2) is 49.7. The van der Waals surface area contributed by atoms with E-state index in [1.807, 2.05) is 117 Å². The lowest BCUT2D eigenvalue weighted by atomic mass is 9.92. The van der Waals surface area contributed by atoms with Crippen molar-refractivity contribution in [3.8, 4) is 0 Å². The molecule has 0 amide bonds. The summed E-state index contributed by atoms with van der Waals surface area (Å²) in [7, 11) is 7.60. The minimum Gasteiger partial charge on any atom is -0.388 e. The molecular formula is C80H119F3N18O8S4. The van der Waals surface area contributed by atoms with Gasteiger partial charge < -0.3 is 47.9 Å². The Hall–Kier alpha value is -9.74. The Labute approximate surface area is 671 Å². The van der Waals surface area contributed by atoms with Gasteiger partial charge in [0.05, 0.1) is 79.0 Å². The average molecular weight is 1650 g/mol. The predicted octanol–water partition coefficient (Wildman–Crippen LogP) is 14.8. The van der Waals surface area contributed by atoms with E-state index in [0.717, 1.165) is 99.8 Å². The summed E-state index contributed by atoms with van der Waals surface area (Å²) in [6.45, 7) is 20.8. The van der Waals surface area contributed by atoms with Crippen molar-refractivity contribution in [1.82, 2.24) is 42.6 Å². The van der Waals surface area contributed by atoms with Gasteiger partial charge in [-0.1, -0.05) is 55.4 Å². The Kier molecular flexibility index (Phi) is 43.7. The molecule has 33 heteroatoms. The van der Waals surface area contributed by atoms with Gasteiger partial charge in [0.2, 0.25) is 40.1 Å². The first-order valence-electron chi connectivity index (χ1n) is 36.5. The zero-order chi connectivity index (χ0) is 85.2. The van der Waals surface area contributed by atoms with E-state index in [9.17, 15) is 46.8 Å². The van der Waals surface area contributed by atoms with E-state index in [0.29, 0.717) is 52.5 Å². The first kappa shape index (κ1) is 99.3. The molecule has 1 aliphatic heterocycles. The second-order valence-electron chi connectivity index (χ2n) is 25.9. The van der Waals surface area contributed by atoms with Crippen molar-refractivity contribution in [2.24, 2.45) is 0 Å². The number of aryl methyl sites for hydroxylation is 2. The lowest BCUT2D eigenvalue weighted by Crippen LogP contribution is -2.30. The number of hydrogen-bond donors (Lipinski definition) is 10. The lowest BCUT2D eigenvalue weighted by Gasteiger charge is -2.18. The smallest absolute Gasteiger partial charge is 0.388 e. The van der Waals surface area contributed by atoms with E-state index in [2.05, 4.69) is 131 Å². The molecule has 0 saturated carbocycles. The number of nitrogens with zero attached hydrogens (tertiary/aromatic N) is 8. The zero-order valence-corrected chi connectivity index (χ0v) is 72.3. The number of alkyl halides is 3. The van der Waals surface area contributed by atoms with Crippen molar-refractivity contribution >= 4 is 91.3 Å². The van der Waals surface area contributed by atoms with Crippen LogP contribution in [0.25, 0.3) is 0 Å². The zero-order valence-electron chi connectivity index (χ0n) is 69.0. The summed E-state index contributed by atoms with van der Waals surface area (Å²) in [5, 5.41) is 26.5. The molecule has 113 heavy (non-hydrogen) atoms. The Bertz CT molecular complexity index is 4430. The molecular weight excluding hydrogens is 1530 g/mol. The molecule has 5 aromatic heterocycles. The Balaban J connectivity index is 0.000000433. The Morgan fingerprint density at radius 3 is 1.02 bits per heavy atom. The van der Waals surface area contributed by atoms with Gasteiger partial charge in [-0.15, -0.1) is 0 Å². The van der Waals surface area contributed by atoms with Crippen LogP contribution in [-0.2, 0) is 58.1 Å². The highest BCUT2D eigenvalue weighted by molar-refractivity contribution is 7.90. The third-order valence-corrected chi connectivity index (χ3v) is 23.7. The minimum atomic E-state index is -4.35. The highest BCUT2D eigenvalue weighted by atomic mass is 32.2. The van der Waals surface area contributed by atoms with Gasteiger partial charge in [-0.25, -0.2) is 47.7 Å². The summed E-state index contributed by atoms with van der Waals surface area (Å²) in [5.41, 5.74) is 12.1. The van der Waals surface area contributed by atoms with E-state index >= 15 is 0 Å². The number of aromatic nitrogens is 5. The molecule has 0 unspecified atom stereocenters. The lowest BCUT2D eigenvalue weighted by molar-refractivity contribution is -0.141. The molecule has 1 aliphatic rings. The quantitative estimate of drug-likeness (QED) is 0.0319. The van der Waals surface area contributed by atoms with Crippen LogP contribution in [0.5, 0.6) is 0 Å². The molecule has 10 rings (SSSR count). The first-order valence-corrected chi connectivity index (χ1v) is 42.3. The predicted molar refractivity (Wildman–Crippen MR) is 460 cm³/mol. The van der Waals surface area contributed by atoms with E-state index in [1.165, 1.54) is 35.8 Å². The van der Waals surface area contributed by atoms with Crippen LogP contribution in [0.4, 0.5) is 64.4 Å². The van der Waals surface area contributed by atoms with E-state index in [4.69, 9.17) is 0 Å². The van der Waals surface area contributed by atoms with Gasteiger partial charge in [0.15, 0.2) is 0 Å². The van der Waals surface area contributed by atoms with Gasteiger partial charge in [0, 0.05) is 155 Å². The van der Waals surface area contributed by atoms with Crippen molar-refractivity contribution in [3.63, 3.8) is 0 Å². The summed E-state index contributed by atoms with van der Waals surface area (Å²) in [6.07, 6.45) is 7.10. The number of hydrogen-bond acceptors (Lipinski definition) is 22. The molecule has 4 aromatic carbocycles. The van der Waals surface area contributed by atoms with Crippen molar-refractivity contribution in [2.75, 3.05) is 159 Å². The normalized spacial score (nSPS) is 11.8. The largest absolute Gasteiger partial charge is 0.433 e. The summed E-state index contributed by atoms with van der Waals surface area (Å²) in [4.78, 5) is 21.5. The fraction of sp³-hybridized carbons (Fsp3) is 0.388. The third-order valence-electron chi connectivity index (χ3n) is 16.5. The highest BCUT2D eigenvalue weighted by Crippen LogP contribution is 2.28. The van der Waals surface area contributed by atoms with Crippen LogP contribution >= 0.6 is 0 Å². The maximum absolute atomic E-state index is 12.1. The fourth-order valence-corrected chi connectivity index (χ4v) is 13.9. The SMILES string of the molecule is CCN(CC)S(=O)(=O)c1ccc(NC)cc1.CCc1ccc(NC)cn1.CNc1ccc(C(C)(C)C)nc1.CNc1ccc(C(C)C)nc1.CNc1ccc(C(F)(F)F)nc1.CNc1ccc(C)nc1.CNc1ccc(S(=O)(=O)N(C)C)cc1.CNc1ccc(S(=O)(=O)N2CCCC2)cc1.CNc1ccc(S(=O)(=O)NC)cc1. The standard InChI is InChI=1S/C11H16N2O2S.C11H18N2O2S.C10H16N2.C9H14N2O2S.C9H14N2.C8H12N2O2S.C8H12N2.C7H7F3N2.C7H10N2/c1-12-10-4-6-11(7-5-10)16(14,15)13-8-2-3-9-13;1-4-13(5-2)16(14,15)11-8-6-10(12-3)7-9-11;1-10(2,3)9-6-5-8(11-4)7-12-9;1-10-8-4-6-9(7-5-8)14(12,13)11(2)3;1-7(2)9-5-4-8(10-3)6-11-9;1-9-7-3-5-8(6-4-7)13(11,12)10-2;1-3-7-4-5-8(9-2)6-10-7;1-11-5-2-3-6(12-4-5)7(8,9)10;1-6-3-4-7(8-2)5-9-6/h4-7,12H,2-3,8-9H2,1H3;6-9,12H,4-5H2,1-3H3;5-7,11H,1-4H3;4-7,10H,1-3H3;4-7,10H,1-3H3;3-6,9-10H,1-2H3;4-6,9H,3H2,1-2H3;2-4,11H,1H3;3-5,8H,1-2H3. The molecule has 0 atom stereocenters. The Morgan fingerprint density at radius 1 is 0.407 bits per heavy atom. The maximum Gasteiger partial charge on any atom is 0.433 e. The number of halogens is 3. The van der Waals surface area contributed by atoms with Gasteiger partial charge in [-0.2, -0.15) is 21.8 Å². The van der Waals surface area contributed by atoms with Gasteiger partial charge in [-0.3, -0.25) is 19.9 Å². The van der Waals surface area contributed by atoms with E-state index in [-0.39, 0.29) is 10.3 Å². The summed E-state index contributed by atoms with van der Waals surface area (Å²) in [5.74, 6) is 0.515. The molecule has 1 saturated heterocycles. The molecule has 9 aromatic rings. The van der Waals surface area contributed by atoms with Crippen molar-refractivity contribution in [1.29, 1.82) is 0 Å². The molecule has 0 spiro atoms. The van der Waals surface area contributed by atoms with E-state index in [1.54, 1.807) is 130 Å². The van der Waals surface area contributed by atoms with Gasteiger partial charge in [0.25, 0.3) is 0 Å². The van der Waals surface area contributed by atoms with Crippen molar-refractivity contribution in [3.05, 3.63) is 217 Å². The number of nitrogens with one attached hydrogen (secondary N) is 10. The minimum absolute atomic E-state index is 0.145. The number of anilines is 9. The topological polar surface area (TPSA) is 331 Å². The fourth-order valence-electron chi connectivity index (χ4n) is 9.29. The molecule has 1 fully saturated rings. The third kappa shape index (κ3) is 34.6. The van der Waals surface area contributed by atoms with Crippen LogP contribution in [0.3, 0.4) is 0 Å². The average Bonchev–Trinajstić information content (AvgIpc) is 1.78. The van der Waals surface area contributed by atoms with Crippen LogP contribution in [0.1, 0.15) is 103 Å². The monoisotopic (exact) mass is 1640 g/mol. The molecule has 10 N–H and O–H groups in total. The Morgan fingerprint density at radius 2 is 0.735 bits per heavy atom. The first-order chi connectivity index (χ1) is 53.3. The molecule has 0 bridgehead atoms. The molecule has 26 nitrogen and oxygen atoms in total. The van der Waals surface area contributed by atoms with Gasteiger partial charge in [-0.05, 0) is 197 Å². The van der Waals surface area contributed by atoms with Crippen molar-refractivity contribution < 1.29 is 46.8 Å². The van der Waals surface area contributed by atoms with Crippen LogP contribution in [0, 0.1) is 6.92 Å². The maximum atomic E-state index is 12.1. The van der Waals surface area contributed by atoms with Crippen LogP contribution in [0.2, 0.25) is 0 Å². The number of sulfonamides is 4. The molecule has 0 radical (unpaired) electrons. The van der Waals surface area contributed by atoms with Gasteiger partial charge >= 0.3 is 6.18 Å². The van der Waals surface area contributed by atoms with Crippen LogP contribution in [0.15, 0.2) is 208 Å².